The molecule has 4 rings (SSSR count). The molecule has 0 radical (unpaired) electrons. The van der Waals surface area contributed by atoms with Crippen LogP contribution in [0.3, 0.4) is 0 Å². The molecule has 168 valence electrons. The molecule has 0 fully saturated rings. The Morgan fingerprint density at radius 3 is 2.22 bits per heavy atom. The number of nitrogens with zero attached hydrogens (tertiary/aromatic N) is 2. The molecule has 2 heterocycles. The van der Waals surface area contributed by atoms with E-state index in [9.17, 15) is 9.59 Å². The molecule has 1 aliphatic heterocycles. The van der Waals surface area contributed by atoms with E-state index >= 15 is 0 Å². The van der Waals surface area contributed by atoms with Gasteiger partial charge in [-0.1, -0.05) is 56.3 Å². The largest absolute Gasteiger partial charge is 0.463 e. The highest BCUT2D eigenvalue weighted by molar-refractivity contribution is 6.09. The zero-order valence-corrected chi connectivity index (χ0v) is 19.4. The number of hydrogen-bond acceptors (Lipinski definition) is 4. The molecule has 0 unspecified atom stereocenters. The molecule has 0 bridgehead atoms. The third-order valence-electron chi connectivity index (χ3n) is 5.92. The molecular weight excluding hydrogens is 424 g/mol. The molecule has 0 aliphatic carbocycles. The summed E-state index contributed by atoms with van der Waals surface area (Å²) in [5, 5.41) is 0. The molecule has 0 N–H and O–H groups in total. The van der Waals surface area contributed by atoms with Crippen molar-refractivity contribution in [1.29, 1.82) is 0 Å². The molecular formula is C26H29ClN2O3. The van der Waals surface area contributed by atoms with Crippen LogP contribution in [-0.2, 0) is 19.5 Å². The Morgan fingerprint density at radius 1 is 0.938 bits per heavy atom. The van der Waals surface area contributed by atoms with Crippen molar-refractivity contribution in [1.82, 2.24) is 9.80 Å². The van der Waals surface area contributed by atoms with E-state index in [-0.39, 0.29) is 24.1 Å². The number of rotatable bonds is 7. The zero-order valence-electron chi connectivity index (χ0n) is 18.5. The van der Waals surface area contributed by atoms with E-state index in [0.717, 1.165) is 37.6 Å². The van der Waals surface area contributed by atoms with Crippen molar-refractivity contribution >= 4 is 24.1 Å². The lowest BCUT2D eigenvalue weighted by Crippen LogP contribution is -2.35. The number of fused-ring (bicyclic) bond motifs is 1. The predicted octanol–water partition coefficient (Wildman–Crippen LogP) is 4.97. The molecule has 6 heteroatoms. The Hall–Kier alpha value is -2.89. The first-order valence-electron chi connectivity index (χ1n) is 10.9. The summed E-state index contributed by atoms with van der Waals surface area (Å²) in [6.45, 7) is 8.20. The highest BCUT2D eigenvalue weighted by Gasteiger charge is 2.25. The smallest absolute Gasteiger partial charge is 0.254 e. The average Bonchev–Trinajstić information content (AvgIpc) is 3.24. The van der Waals surface area contributed by atoms with Gasteiger partial charge in [0.15, 0.2) is 5.78 Å². The van der Waals surface area contributed by atoms with Gasteiger partial charge in [0.2, 0.25) is 0 Å². The lowest BCUT2D eigenvalue weighted by molar-refractivity contribution is 0.0718. The van der Waals surface area contributed by atoms with Gasteiger partial charge in [0.25, 0.3) is 5.91 Å². The Kier molecular flexibility index (Phi) is 7.89. The van der Waals surface area contributed by atoms with Crippen molar-refractivity contribution in [2.24, 2.45) is 0 Å². The van der Waals surface area contributed by atoms with E-state index in [4.69, 9.17) is 4.42 Å². The molecule has 3 aromatic rings. The highest BCUT2D eigenvalue weighted by Crippen LogP contribution is 2.25. The third kappa shape index (κ3) is 5.12. The summed E-state index contributed by atoms with van der Waals surface area (Å²) in [5.74, 6) is 1.77. The maximum absolute atomic E-state index is 13.0. The number of carbonyl (C=O) groups excluding carboxylic acids is 2. The Labute approximate surface area is 195 Å². The molecule has 32 heavy (non-hydrogen) atoms. The lowest BCUT2D eigenvalue weighted by atomic mass is 10.0. The van der Waals surface area contributed by atoms with Crippen molar-refractivity contribution in [3.8, 4) is 0 Å². The van der Waals surface area contributed by atoms with Gasteiger partial charge in [0.1, 0.15) is 11.5 Å². The van der Waals surface area contributed by atoms with E-state index in [0.29, 0.717) is 29.8 Å². The minimum atomic E-state index is -0.0430. The van der Waals surface area contributed by atoms with Crippen molar-refractivity contribution in [2.75, 3.05) is 19.6 Å². The van der Waals surface area contributed by atoms with Crippen LogP contribution in [0.4, 0.5) is 0 Å². The zero-order chi connectivity index (χ0) is 21.8. The second-order valence-electron chi connectivity index (χ2n) is 7.87. The standard InChI is InChI=1S/C26H28N2O3.ClH/c1-3-27(4-2)17-23-16-22-14-15-28(18-24(22)31-23)26(30)21-12-10-20(11-13-21)25(29)19-8-6-5-7-9-19;/h5-13,16H,3-4,14-15,17-18H2,1-2H3;1H. The number of ketones is 1. The van der Waals surface area contributed by atoms with Crippen LogP contribution in [0, 0.1) is 0 Å². The fourth-order valence-corrected chi connectivity index (χ4v) is 4.00. The van der Waals surface area contributed by atoms with Gasteiger partial charge in [-0.3, -0.25) is 14.5 Å². The number of halogens is 1. The highest BCUT2D eigenvalue weighted by atomic mass is 35.5. The minimum Gasteiger partial charge on any atom is -0.463 e. The quantitative estimate of drug-likeness (QED) is 0.475. The number of hydrogen-bond donors (Lipinski definition) is 0. The van der Waals surface area contributed by atoms with Crippen molar-refractivity contribution in [2.45, 2.75) is 33.4 Å². The summed E-state index contributed by atoms with van der Waals surface area (Å²) in [4.78, 5) is 29.7. The van der Waals surface area contributed by atoms with Gasteiger partial charge in [-0.05, 0) is 43.3 Å². The number of amides is 1. The second-order valence-corrected chi connectivity index (χ2v) is 7.87. The predicted molar refractivity (Wildman–Crippen MR) is 127 cm³/mol. The summed E-state index contributed by atoms with van der Waals surface area (Å²) >= 11 is 0. The van der Waals surface area contributed by atoms with Crippen LogP contribution < -0.4 is 0 Å². The molecule has 0 saturated heterocycles. The van der Waals surface area contributed by atoms with Crippen LogP contribution in [-0.4, -0.2) is 41.1 Å². The van der Waals surface area contributed by atoms with Crippen molar-refractivity contribution < 1.29 is 14.0 Å². The van der Waals surface area contributed by atoms with E-state index in [1.54, 1.807) is 36.4 Å². The van der Waals surface area contributed by atoms with Crippen LogP contribution in [0.25, 0.3) is 0 Å². The molecule has 5 nitrogen and oxygen atoms in total. The van der Waals surface area contributed by atoms with Crippen LogP contribution in [0.5, 0.6) is 0 Å². The molecule has 0 saturated carbocycles. The first-order valence-corrected chi connectivity index (χ1v) is 10.9. The van der Waals surface area contributed by atoms with E-state index in [2.05, 4.69) is 24.8 Å². The molecule has 1 aromatic heterocycles. The Balaban J connectivity index is 0.00000289. The SMILES string of the molecule is CCN(CC)Cc1cc2c(o1)CN(C(=O)c1ccc(C(=O)c3ccccc3)cc1)CC2.Cl. The van der Waals surface area contributed by atoms with Gasteiger partial charge < -0.3 is 9.32 Å². The van der Waals surface area contributed by atoms with Gasteiger partial charge in [-0.15, -0.1) is 12.4 Å². The van der Waals surface area contributed by atoms with E-state index < -0.39 is 0 Å². The lowest BCUT2D eigenvalue weighted by Gasteiger charge is -2.26. The monoisotopic (exact) mass is 452 g/mol. The molecule has 0 atom stereocenters. The molecule has 1 aliphatic rings. The van der Waals surface area contributed by atoms with Crippen molar-refractivity contribution in [3.63, 3.8) is 0 Å². The van der Waals surface area contributed by atoms with Gasteiger partial charge in [0.05, 0.1) is 13.1 Å². The van der Waals surface area contributed by atoms with Gasteiger partial charge >= 0.3 is 0 Å². The molecule has 0 spiro atoms. The van der Waals surface area contributed by atoms with Crippen LogP contribution in [0.1, 0.15) is 57.2 Å². The van der Waals surface area contributed by atoms with Gasteiger partial charge in [0, 0.05) is 23.2 Å². The first kappa shape index (κ1) is 23.8. The second kappa shape index (κ2) is 10.6. The normalized spacial score (nSPS) is 12.9. The first-order chi connectivity index (χ1) is 15.1. The summed E-state index contributed by atoms with van der Waals surface area (Å²) in [6.07, 6.45) is 0.799. The minimum absolute atomic E-state index is 0. The number of carbonyl (C=O) groups is 2. The van der Waals surface area contributed by atoms with Gasteiger partial charge in [-0.25, -0.2) is 0 Å². The van der Waals surface area contributed by atoms with Gasteiger partial charge in [-0.2, -0.15) is 0 Å². The Morgan fingerprint density at radius 2 is 1.56 bits per heavy atom. The van der Waals surface area contributed by atoms with Crippen molar-refractivity contribution in [3.05, 3.63) is 94.4 Å². The summed E-state index contributed by atoms with van der Waals surface area (Å²) < 4.78 is 6.08. The Bertz CT molecular complexity index is 1060. The summed E-state index contributed by atoms with van der Waals surface area (Å²) in [5.41, 5.74) is 3.01. The molecule has 1 amide bonds. The third-order valence-corrected chi connectivity index (χ3v) is 5.92. The van der Waals surface area contributed by atoms with Crippen LogP contribution in [0.2, 0.25) is 0 Å². The van der Waals surface area contributed by atoms with Crippen LogP contribution >= 0.6 is 12.4 Å². The maximum atomic E-state index is 13.0. The average molecular weight is 453 g/mol. The fourth-order valence-electron chi connectivity index (χ4n) is 4.00. The summed E-state index contributed by atoms with van der Waals surface area (Å²) in [7, 11) is 0. The number of benzene rings is 2. The number of furan rings is 1. The topological polar surface area (TPSA) is 53.8 Å². The van der Waals surface area contributed by atoms with E-state index in [1.165, 1.54) is 5.56 Å². The maximum Gasteiger partial charge on any atom is 0.254 e. The van der Waals surface area contributed by atoms with E-state index in [1.807, 2.05) is 23.1 Å². The molecule has 2 aromatic carbocycles. The summed E-state index contributed by atoms with van der Waals surface area (Å²) in [6, 6.07) is 18.2. The fraction of sp³-hybridized carbons (Fsp3) is 0.308. The van der Waals surface area contributed by atoms with Crippen LogP contribution in [0.15, 0.2) is 65.1 Å².